The van der Waals surface area contributed by atoms with Gasteiger partial charge in [-0.25, -0.2) is 4.98 Å². The maximum Gasteiger partial charge on any atom is 0.233 e. The molecule has 76 valence electrons. The number of aromatic nitrogens is 1. The van der Waals surface area contributed by atoms with E-state index >= 15 is 0 Å². The first kappa shape index (κ1) is 9.98. The number of amides is 1. The van der Waals surface area contributed by atoms with Crippen molar-refractivity contribution in [2.45, 2.75) is 35.4 Å². The van der Waals surface area contributed by atoms with Crippen LogP contribution in [0.5, 0.6) is 0 Å². The van der Waals surface area contributed by atoms with Gasteiger partial charge in [0, 0.05) is 17.6 Å². The summed E-state index contributed by atoms with van der Waals surface area (Å²) in [6, 6.07) is 0.446. The number of nitrogens with zero attached hydrogens (tertiary/aromatic N) is 1. The van der Waals surface area contributed by atoms with E-state index in [1.54, 1.807) is 17.5 Å². The van der Waals surface area contributed by atoms with Crippen LogP contribution in [0.2, 0.25) is 0 Å². The highest BCUT2D eigenvalue weighted by atomic mass is 32.2. The molecule has 1 aromatic rings. The van der Waals surface area contributed by atoms with Gasteiger partial charge in [0.1, 0.15) is 0 Å². The highest BCUT2D eigenvalue weighted by Gasteiger charge is 2.26. The van der Waals surface area contributed by atoms with Crippen LogP contribution in [-0.2, 0) is 4.79 Å². The van der Waals surface area contributed by atoms with Gasteiger partial charge in [-0.15, -0.1) is 11.3 Å². The van der Waals surface area contributed by atoms with E-state index < -0.39 is 0 Å². The van der Waals surface area contributed by atoms with Crippen LogP contribution in [-0.4, -0.2) is 22.2 Å². The Morgan fingerprint density at radius 2 is 2.57 bits per heavy atom. The van der Waals surface area contributed by atoms with Gasteiger partial charge in [-0.1, -0.05) is 11.8 Å². The minimum Gasteiger partial charge on any atom is -0.352 e. The Kier molecular flexibility index (Phi) is 3.08. The number of carbonyl (C=O) groups excluding carboxylic acids is 1. The Bertz CT molecular complexity index is 309. The van der Waals surface area contributed by atoms with E-state index in [0.717, 1.165) is 17.2 Å². The van der Waals surface area contributed by atoms with Gasteiger partial charge >= 0.3 is 0 Å². The summed E-state index contributed by atoms with van der Waals surface area (Å²) in [7, 11) is 0. The first-order valence-electron chi connectivity index (χ1n) is 4.62. The molecule has 0 aliphatic heterocycles. The zero-order valence-electron chi connectivity index (χ0n) is 7.90. The largest absolute Gasteiger partial charge is 0.352 e. The SMILES string of the molecule is CC(Sc1nccs1)C(=O)NC1CC1. The summed E-state index contributed by atoms with van der Waals surface area (Å²) in [5, 5.41) is 4.87. The minimum atomic E-state index is -0.0400. The summed E-state index contributed by atoms with van der Waals surface area (Å²) in [6.45, 7) is 1.92. The Hall–Kier alpha value is -0.550. The molecular formula is C9H12N2OS2. The lowest BCUT2D eigenvalue weighted by Gasteiger charge is -2.08. The summed E-state index contributed by atoms with van der Waals surface area (Å²) in [6.07, 6.45) is 4.04. The van der Waals surface area contributed by atoms with Crippen LogP contribution in [0, 0.1) is 0 Å². The summed E-state index contributed by atoms with van der Waals surface area (Å²) in [5.74, 6) is 0.132. The van der Waals surface area contributed by atoms with Crippen molar-refractivity contribution in [3.63, 3.8) is 0 Å². The number of hydrogen-bond donors (Lipinski definition) is 1. The molecule has 1 aromatic heterocycles. The van der Waals surface area contributed by atoms with Gasteiger partial charge in [-0.05, 0) is 19.8 Å². The molecule has 0 aromatic carbocycles. The number of thioether (sulfide) groups is 1. The van der Waals surface area contributed by atoms with Crippen LogP contribution in [0.3, 0.4) is 0 Å². The van der Waals surface area contributed by atoms with Gasteiger partial charge < -0.3 is 5.32 Å². The fourth-order valence-electron chi connectivity index (χ4n) is 1.02. The van der Waals surface area contributed by atoms with Crippen LogP contribution in [0.4, 0.5) is 0 Å². The average molecular weight is 228 g/mol. The molecule has 1 N–H and O–H groups in total. The lowest BCUT2D eigenvalue weighted by molar-refractivity contribution is -0.120. The van der Waals surface area contributed by atoms with E-state index in [4.69, 9.17) is 0 Å². The third-order valence-electron chi connectivity index (χ3n) is 1.98. The van der Waals surface area contributed by atoms with Crippen LogP contribution >= 0.6 is 23.1 Å². The predicted octanol–water partition coefficient (Wildman–Crippen LogP) is 1.90. The van der Waals surface area contributed by atoms with Gasteiger partial charge in [0.15, 0.2) is 4.34 Å². The molecule has 5 heteroatoms. The first-order chi connectivity index (χ1) is 6.75. The van der Waals surface area contributed by atoms with Crippen LogP contribution in [0.15, 0.2) is 15.9 Å². The molecule has 1 fully saturated rings. The van der Waals surface area contributed by atoms with Crippen molar-refractivity contribution in [2.24, 2.45) is 0 Å². The van der Waals surface area contributed by atoms with E-state index in [1.165, 1.54) is 11.8 Å². The van der Waals surface area contributed by atoms with Gasteiger partial charge in [0.25, 0.3) is 0 Å². The molecule has 14 heavy (non-hydrogen) atoms. The summed E-state index contributed by atoms with van der Waals surface area (Å²) in [4.78, 5) is 15.7. The van der Waals surface area contributed by atoms with Crippen LogP contribution < -0.4 is 5.32 Å². The molecule has 1 aliphatic rings. The Morgan fingerprint density at radius 3 is 3.14 bits per heavy atom. The number of carbonyl (C=O) groups is 1. The smallest absolute Gasteiger partial charge is 0.233 e. The molecule has 3 nitrogen and oxygen atoms in total. The normalized spacial score (nSPS) is 17.8. The Balaban J connectivity index is 1.81. The number of rotatable bonds is 4. The Labute approximate surface area is 91.3 Å². The second kappa shape index (κ2) is 4.31. The Morgan fingerprint density at radius 1 is 1.79 bits per heavy atom. The second-order valence-corrected chi connectivity index (χ2v) is 5.82. The van der Waals surface area contributed by atoms with Crippen molar-refractivity contribution in [3.8, 4) is 0 Å². The zero-order valence-corrected chi connectivity index (χ0v) is 9.53. The summed E-state index contributed by atoms with van der Waals surface area (Å²) in [5.41, 5.74) is 0. The topological polar surface area (TPSA) is 42.0 Å². The molecule has 1 atom stereocenters. The van der Waals surface area contributed by atoms with Gasteiger partial charge in [0.05, 0.1) is 5.25 Å². The van der Waals surface area contributed by atoms with E-state index in [2.05, 4.69) is 10.3 Å². The number of hydrogen-bond acceptors (Lipinski definition) is 4. The van der Waals surface area contributed by atoms with E-state index in [0.29, 0.717) is 6.04 Å². The molecule has 0 radical (unpaired) electrons. The quantitative estimate of drug-likeness (QED) is 0.800. The zero-order chi connectivity index (χ0) is 9.97. The lowest BCUT2D eigenvalue weighted by atomic mass is 10.4. The van der Waals surface area contributed by atoms with Crippen molar-refractivity contribution in [1.82, 2.24) is 10.3 Å². The van der Waals surface area contributed by atoms with E-state index in [1.807, 2.05) is 12.3 Å². The third kappa shape index (κ3) is 2.72. The van der Waals surface area contributed by atoms with Gasteiger partial charge in [0.2, 0.25) is 5.91 Å². The maximum atomic E-state index is 11.6. The predicted molar refractivity (Wildman–Crippen MR) is 58.6 cm³/mol. The van der Waals surface area contributed by atoms with Crippen molar-refractivity contribution < 1.29 is 4.79 Å². The molecule has 1 amide bonds. The molecule has 2 rings (SSSR count). The fraction of sp³-hybridized carbons (Fsp3) is 0.556. The molecule has 0 saturated heterocycles. The number of thiazole rings is 1. The first-order valence-corrected chi connectivity index (χ1v) is 6.38. The minimum absolute atomic E-state index is 0.0400. The molecule has 1 heterocycles. The highest BCUT2D eigenvalue weighted by molar-refractivity contribution is 8.02. The van der Waals surface area contributed by atoms with Crippen molar-refractivity contribution in [1.29, 1.82) is 0 Å². The molecular weight excluding hydrogens is 216 g/mol. The standard InChI is InChI=1S/C9H12N2OS2/c1-6(8(12)11-7-2-3-7)14-9-10-4-5-13-9/h4-7H,2-3H2,1H3,(H,11,12). The third-order valence-corrected chi connectivity index (χ3v) is 4.00. The van der Waals surface area contributed by atoms with Crippen LogP contribution in [0.1, 0.15) is 19.8 Å². The van der Waals surface area contributed by atoms with E-state index in [-0.39, 0.29) is 11.2 Å². The van der Waals surface area contributed by atoms with E-state index in [9.17, 15) is 4.79 Å². The van der Waals surface area contributed by atoms with Crippen molar-refractivity contribution in [2.75, 3.05) is 0 Å². The molecule has 1 aliphatic carbocycles. The molecule has 1 saturated carbocycles. The average Bonchev–Trinajstić information content (AvgIpc) is 2.81. The summed E-state index contributed by atoms with van der Waals surface area (Å²) >= 11 is 3.10. The monoisotopic (exact) mass is 228 g/mol. The maximum absolute atomic E-state index is 11.6. The highest BCUT2D eigenvalue weighted by Crippen LogP contribution is 2.26. The summed E-state index contributed by atoms with van der Waals surface area (Å²) < 4.78 is 0.962. The molecule has 0 bridgehead atoms. The van der Waals surface area contributed by atoms with Crippen LogP contribution in [0.25, 0.3) is 0 Å². The van der Waals surface area contributed by atoms with Gasteiger partial charge in [-0.2, -0.15) is 0 Å². The number of nitrogens with one attached hydrogen (secondary N) is 1. The van der Waals surface area contributed by atoms with Crippen molar-refractivity contribution >= 4 is 29.0 Å². The van der Waals surface area contributed by atoms with Crippen molar-refractivity contribution in [3.05, 3.63) is 11.6 Å². The molecule has 0 spiro atoms. The fourth-order valence-corrected chi connectivity index (χ4v) is 2.80. The lowest BCUT2D eigenvalue weighted by Crippen LogP contribution is -2.32. The van der Waals surface area contributed by atoms with Gasteiger partial charge in [-0.3, -0.25) is 4.79 Å². The second-order valence-electron chi connectivity index (χ2n) is 3.34. The molecule has 1 unspecified atom stereocenters.